The fourth-order valence-electron chi connectivity index (χ4n) is 1.78. The Morgan fingerprint density at radius 3 is 3.20 bits per heavy atom. The van der Waals surface area contributed by atoms with Crippen LogP contribution in [0.25, 0.3) is 11.6 Å². The second-order valence-corrected chi connectivity index (χ2v) is 3.54. The minimum Gasteiger partial charge on any atom is -0.440 e. The van der Waals surface area contributed by atoms with Gasteiger partial charge >= 0.3 is 0 Å². The van der Waals surface area contributed by atoms with Crippen molar-refractivity contribution in [2.75, 3.05) is 6.54 Å². The SMILES string of the molecule is Cc1ncoc1-c1nnc2n1CCNC2. The van der Waals surface area contributed by atoms with Gasteiger partial charge in [-0.1, -0.05) is 0 Å². The topological polar surface area (TPSA) is 68.8 Å². The fraction of sp³-hybridized carbons (Fsp3) is 0.444. The summed E-state index contributed by atoms with van der Waals surface area (Å²) in [5.74, 6) is 2.45. The lowest BCUT2D eigenvalue weighted by Crippen LogP contribution is -2.28. The number of hydrogen-bond donors (Lipinski definition) is 1. The van der Waals surface area contributed by atoms with Crippen LogP contribution in [0.1, 0.15) is 11.5 Å². The Balaban J connectivity index is 2.13. The summed E-state index contributed by atoms with van der Waals surface area (Å²) in [6, 6.07) is 0. The number of aromatic nitrogens is 4. The van der Waals surface area contributed by atoms with Crippen molar-refractivity contribution in [2.45, 2.75) is 20.0 Å². The van der Waals surface area contributed by atoms with Crippen LogP contribution in [0.4, 0.5) is 0 Å². The van der Waals surface area contributed by atoms with Crippen molar-refractivity contribution in [3.05, 3.63) is 17.9 Å². The maximum atomic E-state index is 5.32. The first-order chi connectivity index (χ1) is 7.36. The predicted molar refractivity (Wildman–Crippen MR) is 52.0 cm³/mol. The molecule has 2 aromatic heterocycles. The molecule has 0 fully saturated rings. The largest absolute Gasteiger partial charge is 0.440 e. The predicted octanol–water partition coefficient (Wildman–Crippen LogP) is 0.345. The molecule has 0 atom stereocenters. The van der Waals surface area contributed by atoms with Gasteiger partial charge in [-0.2, -0.15) is 0 Å². The molecule has 0 unspecified atom stereocenters. The van der Waals surface area contributed by atoms with Crippen LogP contribution in [0.3, 0.4) is 0 Å². The van der Waals surface area contributed by atoms with Crippen molar-refractivity contribution in [1.29, 1.82) is 0 Å². The van der Waals surface area contributed by atoms with Crippen molar-refractivity contribution in [1.82, 2.24) is 25.1 Å². The minimum atomic E-state index is 0.718. The molecule has 6 nitrogen and oxygen atoms in total. The van der Waals surface area contributed by atoms with Gasteiger partial charge in [0.25, 0.3) is 0 Å². The molecule has 0 radical (unpaired) electrons. The average molecular weight is 205 g/mol. The summed E-state index contributed by atoms with van der Waals surface area (Å²) in [4.78, 5) is 4.06. The Morgan fingerprint density at radius 1 is 1.47 bits per heavy atom. The number of hydrogen-bond acceptors (Lipinski definition) is 5. The summed E-state index contributed by atoms with van der Waals surface area (Å²) in [6.45, 7) is 4.48. The minimum absolute atomic E-state index is 0.718. The molecule has 15 heavy (non-hydrogen) atoms. The van der Waals surface area contributed by atoms with Gasteiger partial charge in [-0.25, -0.2) is 4.98 Å². The average Bonchev–Trinajstić information content (AvgIpc) is 2.83. The second kappa shape index (κ2) is 3.16. The van der Waals surface area contributed by atoms with Gasteiger partial charge in [0.15, 0.2) is 12.2 Å². The molecule has 3 rings (SSSR count). The normalized spacial score (nSPS) is 15.3. The third kappa shape index (κ3) is 1.25. The van der Waals surface area contributed by atoms with Crippen molar-refractivity contribution >= 4 is 0 Å². The molecule has 0 spiro atoms. The Morgan fingerprint density at radius 2 is 2.40 bits per heavy atom. The van der Waals surface area contributed by atoms with Crippen molar-refractivity contribution in [2.24, 2.45) is 0 Å². The zero-order chi connectivity index (χ0) is 10.3. The highest BCUT2D eigenvalue weighted by Gasteiger charge is 2.20. The standard InChI is InChI=1S/C9H11N5O/c1-6-8(15-5-11-6)9-13-12-7-4-10-2-3-14(7)9/h5,10H,2-4H2,1H3. The fourth-order valence-corrected chi connectivity index (χ4v) is 1.78. The molecule has 0 saturated heterocycles. The summed E-state index contributed by atoms with van der Waals surface area (Å²) in [5.41, 5.74) is 0.851. The van der Waals surface area contributed by atoms with Gasteiger partial charge in [-0.05, 0) is 6.92 Å². The summed E-state index contributed by atoms with van der Waals surface area (Å²) in [5, 5.41) is 11.5. The van der Waals surface area contributed by atoms with Crippen LogP contribution in [-0.2, 0) is 13.1 Å². The molecule has 0 bridgehead atoms. The maximum absolute atomic E-state index is 5.32. The van der Waals surface area contributed by atoms with E-state index in [-0.39, 0.29) is 0 Å². The van der Waals surface area contributed by atoms with Gasteiger partial charge < -0.3 is 14.3 Å². The van der Waals surface area contributed by atoms with Gasteiger partial charge in [0, 0.05) is 13.1 Å². The lowest BCUT2D eigenvalue weighted by molar-refractivity contribution is 0.499. The Labute approximate surface area is 86.3 Å². The van der Waals surface area contributed by atoms with E-state index in [2.05, 4.69) is 25.1 Å². The Bertz CT molecular complexity index is 486. The van der Waals surface area contributed by atoms with Crippen molar-refractivity contribution in [3.8, 4) is 11.6 Å². The molecule has 0 amide bonds. The molecule has 3 heterocycles. The Hall–Kier alpha value is -1.69. The first-order valence-electron chi connectivity index (χ1n) is 4.89. The molecular weight excluding hydrogens is 194 g/mol. The molecule has 6 heteroatoms. The highest BCUT2D eigenvalue weighted by atomic mass is 16.3. The van der Waals surface area contributed by atoms with Crippen LogP contribution in [0, 0.1) is 6.92 Å². The first kappa shape index (κ1) is 8.60. The lowest BCUT2D eigenvalue weighted by Gasteiger charge is -2.15. The summed E-state index contributed by atoms with van der Waals surface area (Å²) >= 11 is 0. The van der Waals surface area contributed by atoms with E-state index >= 15 is 0 Å². The zero-order valence-electron chi connectivity index (χ0n) is 8.40. The first-order valence-corrected chi connectivity index (χ1v) is 4.89. The molecule has 0 saturated carbocycles. The number of oxazole rings is 1. The molecule has 0 aromatic carbocycles. The monoisotopic (exact) mass is 205 g/mol. The van der Waals surface area contributed by atoms with E-state index in [0.29, 0.717) is 0 Å². The number of nitrogens with zero attached hydrogens (tertiary/aromatic N) is 4. The van der Waals surface area contributed by atoms with Crippen LogP contribution in [-0.4, -0.2) is 26.3 Å². The number of nitrogens with one attached hydrogen (secondary N) is 1. The van der Waals surface area contributed by atoms with Gasteiger partial charge in [0.1, 0.15) is 5.82 Å². The third-order valence-electron chi connectivity index (χ3n) is 2.57. The summed E-state index contributed by atoms with van der Waals surface area (Å²) in [6.07, 6.45) is 1.44. The van der Waals surface area contributed by atoms with E-state index in [1.165, 1.54) is 6.39 Å². The van der Waals surface area contributed by atoms with Gasteiger partial charge in [0.05, 0.1) is 12.2 Å². The van der Waals surface area contributed by atoms with Gasteiger partial charge in [-0.3, -0.25) is 0 Å². The van der Waals surface area contributed by atoms with Crippen LogP contribution in [0.2, 0.25) is 0 Å². The number of fused-ring (bicyclic) bond motifs is 1. The molecule has 1 N–H and O–H groups in total. The van der Waals surface area contributed by atoms with Gasteiger partial charge in [0.2, 0.25) is 5.82 Å². The van der Waals surface area contributed by atoms with Gasteiger partial charge in [-0.15, -0.1) is 10.2 Å². The van der Waals surface area contributed by atoms with E-state index < -0.39 is 0 Å². The van der Waals surface area contributed by atoms with E-state index in [1.54, 1.807) is 0 Å². The molecule has 2 aromatic rings. The van der Waals surface area contributed by atoms with E-state index in [4.69, 9.17) is 4.42 Å². The lowest BCUT2D eigenvalue weighted by atomic mass is 10.3. The van der Waals surface area contributed by atoms with Crippen LogP contribution in [0.5, 0.6) is 0 Å². The molecule has 1 aliphatic heterocycles. The van der Waals surface area contributed by atoms with Crippen molar-refractivity contribution in [3.63, 3.8) is 0 Å². The van der Waals surface area contributed by atoms with Crippen LogP contribution >= 0.6 is 0 Å². The van der Waals surface area contributed by atoms with Crippen LogP contribution < -0.4 is 5.32 Å². The molecule has 0 aliphatic carbocycles. The highest BCUT2D eigenvalue weighted by Crippen LogP contribution is 2.22. The third-order valence-corrected chi connectivity index (χ3v) is 2.57. The van der Waals surface area contributed by atoms with E-state index in [0.717, 1.165) is 42.7 Å². The quantitative estimate of drug-likeness (QED) is 0.727. The van der Waals surface area contributed by atoms with E-state index in [1.807, 2.05) is 6.92 Å². The number of aryl methyl sites for hydroxylation is 1. The highest BCUT2D eigenvalue weighted by molar-refractivity contribution is 5.50. The van der Waals surface area contributed by atoms with Crippen molar-refractivity contribution < 1.29 is 4.42 Å². The summed E-state index contributed by atoms with van der Waals surface area (Å²) < 4.78 is 7.39. The smallest absolute Gasteiger partial charge is 0.201 e. The molecule has 1 aliphatic rings. The van der Waals surface area contributed by atoms with Crippen LogP contribution in [0.15, 0.2) is 10.8 Å². The molecular formula is C9H11N5O. The summed E-state index contributed by atoms with van der Waals surface area (Å²) in [7, 11) is 0. The Kier molecular flexibility index (Phi) is 1.81. The number of rotatable bonds is 1. The van der Waals surface area contributed by atoms with E-state index in [9.17, 15) is 0 Å². The maximum Gasteiger partial charge on any atom is 0.201 e. The second-order valence-electron chi connectivity index (χ2n) is 3.54. The molecule has 78 valence electrons. The zero-order valence-corrected chi connectivity index (χ0v) is 8.40.